The van der Waals surface area contributed by atoms with Gasteiger partial charge in [0.25, 0.3) is 0 Å². The van der Waals surface area contributed by atoms with Gasteiger partial charge in [0.15, 0.2) is 5.78 Å². The van der Waals surface area contributed by atoms with Gasteiger partial charge in [-0.15, -0.1) is 11.8 Å². The highest BCUT2D eigenvalue weighted by molar-refractivity contribution is 8.00. The van der Waals surface area contributed by atoms with Crippen LogP contribution in [0.5, 0.6) is 5.75 Å². The minimum absolute atomic E-state index is 0.000488. The molecule has 0 amide bonds. The van der Waals surface area contributed by atoms with Gasteiger partial charge in [0.1, 0.15) is 5.75 Å². The van der Waals surface area contributed by atoms with E-state index >= 15 is 0 Å². The van der Waals surface area contributed by atoms with Crippen LogP contribution in [0.15, 0.2) is 47.4 Å². The van der Waals surface area contributed by atoms with Crippen molar-refractivity contribution in [1.82, 2.24) is 0 Å². The number of rotatable bonds is 5. The van der Waals surface area contributed by atoms with Crippen molar-refractivity contribution in [3.05, 3.63) is 58.1 Å². The number of ketones is 1. The van der Waals surface area contributed by atoms with Gasteiger partial charge >= 0.3 is 0 Å². The summed E-state index contributed by atoms with van der Waals surface area (Å²) in [6.07, 6.45) is 0. The van der Waals surface area contributed by atoms with E-state index < -0.39 is 0 Å². The van der Waals surface area contributed by atoms with Crippen LogP contribution in [0.1, 0.15) is 10.4 Å². The molecule has 104 valence electrons. The predicted molar refractivity (Wildman–Crippen MR) is 84.5 cm³/mol. The molecule has 0 N–H and O–H groups in total. The molecule has 2 aromatic carbocycles. The van der Waals surface area contributed by atoms with Crippen LogP contribution >= 0.6 is 35.0 Å². The summed E-state index contributed by atoms with van der Waals surface area (Å²) >= 11 is 13.5. The maximum absolute atomic E-state index is 12.1. The highest BCUT2D eigenvalue weighted by atomic mass is 35.5. The molecule has 0 atom stereocenters. The highest BCUT2D eigenvalue weighted by Crippen LogP contribution is 2.29. The first-order chi connectivity index (χ1) is 9.61. The molecule has 5 heteroatoms. The van der Waals surface area contributed by atoms with Gasteiger partial charge in [0, 0.05) is 10.5 Å². The Morgan fingerprint density at radius 1 is 1.15 bits per heavy atom. The summed E-state index contributed by atoms with van der Waals surface area (Å²) in [4.78, 5) is 13.0. The number of hydrogen-bond acceptors (Lipinski definition) is 3. The Labute approximate surface area is 132 Å². The Kier molecular flexibility index (Phi) is 5.35. The number of ether oxygens (including phenoxy) is 1. The van der Waals surface area contributed by atoms with Gasteiger partial charge in [-0.3, -0.25) is 4.79 Å². The summed E-state index contributed by atoms with van der Waals surface area (Å²) in [5.41, 5.74) is 0.565. The minimum Gasteiger partial charge on any atom is -0.495 e. The van der Waals surface area contributed by atoms with Gasteiger partial charge in [-0.05, 0) is 30.3 Å². The number of benzene rings is 2. The molecule has 0 unspecified atom stereocenters. The summed E-state index contributed by atoms with van der Waals surface area (Å²) in [6.45, 7) is 0. The third-order valence-electron chi connectivity index (χ3n) is 2.67. The van der Waals surface area contributed by atoms with Crippen molar-refractivity contribution in [3.8, 4) is 5.75 Å². The predicted octanol–water partition coefficient (Wildman–Crippen LogP) is 4.98. The summed E-state index contributed by atoms with van der Waals surface area (Å²) in [5, 5.41) is 1.08. The molecular weight excluding hydrogens is 315 g/mol. The molecule has 2 rings (SSSR count). The number of thioether (sulfide) groups is 1. The van der Waals surface area contributed by atoms with E-state index in [9.17, 15) is 4.79 Å². The van der Waals surface area contributed by atoms with Crippen molar-refractivity contribution in [3.63, 3.8) is 0 Å². The standard InChI is InChI=1S/C15H12Cl2O2S/c1-19-14-7-6-10(8-12(14)17)13(18)9-20-15-5-3-2-4-11(15)16/h2-8H,9H2,1H3. The van der Waals surface area contributed by atoms with E-state index in [2.05, 4.69) is 0 Å². The Bertz CT molecular complexity index is 629. The first-order valence-corrected chi connectivity index (χ1v) is 7.60. The second kappa shape index (κ2) is 7.02. The Morgan fingerprint density at radius 2 is 1.90 bits per heavy atom. The van der Waals surface area contributed by atoms with Gasteiger partial charge in [-0.25, -0.2) is 0 Å². The van der Waals surface area contributed by atoms with E-state index in [4.69, 9.17) is 27.9 Å². The third kappa shape index (κ3) is 3.69. The van der Waals surface area contributed by atoms with E-state index in [1.165, 1.54) is 18.9 Å². The number of hydrogen-bond donors (Lipinski definition) is 0. The number of methoxy groups -OCH3 is 1. The van der Waals surface area contributed by atoms with Crippen LogP contribution < -0.4 is 4.74 Å². The second-order valence-electron chi connectivity index (χ2n) is 3.99. The number of Topliss-reactive ketones (excluding diaryl/α,β-unsaturated/α-hetero) is 1. The van der Waals surface area contributed by atoms with Crippen molar-refractivity contribution in [2.75, 3.05) is 12.9 Å². The lowest BCUT2D eigenvalue weighted by Gasteiger charge is -2.06. The molecule has 0 bridgehead atoms. The van der Waals surface area contributed by atoms with Crippen LogP contribution in [0.4, 0.5) is 0 Å². The van der Waals surface area contributed by atoms with Crippen LogP contribution in [-0.4, -0.2) is 18.6 Å². The lowest BCUT2D eigenvalue weighted by atomic mass is 10.1. The van der Waals surface area contributed by atoms with Crippen molar-refractivity contribution in [2.24, 2.45) is 0 Å². The zero-order valence-corrected chi connectivity index (χ0v) is 13.1. The molecule has 0 saturated carbocycles. The quantitative estimate of drug-likeness (QED) is 0.572. The second-order valence-corrected chi connectivity index (χ2v) is 5.82. The van der Waals surface area contributed by atoms with Crippen molar-refractivity contribution in [1.29, 1.82) is 0 Å². The van der Waals surface area contributed by atoms with Gasteiger partial charge in [-0.1, -0.05) is 35.3 Å². The van der Waals surface area contributed by atoms with Gasteiger partial charge in [-0.2, -0.15) is 0 Å². The van der Waals surface area contributed by atoms with Crippen LogP contribution in [0.3, 0.4) is 0 Å². The minimum atomic E-state index is -0.000488. The molecule has 20 heavy (non-hydrogen) atoms. The number of carbonyl (C=O) groups is 1. The van der Waals surface area contributed by atoms with E-state index in [1.807, 2.05) is 18.2 Å². The average Bonchev–Trinajstić information content (AvgIpc) is 2.46. The molecule has 0 radical (unpaired) electrons. The first kappa shape index (κ1) is 15.2. The number of halogens is 2. The number of carbonyl (C=O) groups excluding carboxylic acids is 1. The smallest absolute Gasteiger partial charge is 0.173 e. The normalized spacial score (nSPS) is 10.3. The molecule has 0 heterocycles. The Morgan fingerprint density at radius 3 is 2.55 bits per heavy atom. The molecule has 0 aliphatic rings. The molecular formula is C15H12Cl2O2S. The van der Waals surface area contributed by atoms with Crippen LogP contribution in [0.2, 0.25) is 10.0 Å². The fourth-order valence-corrected chi connectivity index (χ4v) is 3.02. The SMILES string of the molecule is COc1ccc(C(=O)CSc2ccccc2Cl)cc1Cl. The lowest BCUT2D eigenvalue weighted by molar-refractivity contribution is 0.102. The molecule has 0 fully saturated rings. The lowest BCUT2D eigenvalue weighted by Crippen LogP contribution is -2.02. The molecule has 2 nitrogen and oxygen atoms in total. The van der Waals surface area contributed by atoms with Crippen molar-refractivity contribution < 1.29 is 9.53 Å². The topological polar surface area (TPSA) is 26.3 Å². The summed E-state index contributed by atoms with van der Waals surface area (Å²) in [5.74, 6) is 0.869. The van der Waals surface area contributed by atoms with E-state index in [0.717, 1.165) is 4.90 Å². The molecule has 0 aromatic heterocycles. The molecule has 0 aliphatic heterocycles. The van der Waals surface area contributed by atoms with Crippen molar-refractivity contribution >= 4 is 40.7 Å². The van der Waals surface area contributed by atoms with Crippen molar-refractivity contribution in [2.45, 2.75) is 4.90 Å². The first-order valence-electron chi connectivity index (χ1n) is 5.86. The molecule has 2 aromatic rings. The van der Waals surface area contributed by atoms with E-state index in [1.54, 1.807) is 24.3 Å². The fourth-order valence-electron chi connectivity index (χ4n) is 1.63. The summed E-state index contributed by atoms with van der Waals surface area (Å²) in [6, 6.07) is 12.5. The summed E-state index contributed by atoms with van der Waals surface area (Å²) in [7, 11) is 1.54. The average molecular weight is 327 g/mol. The summed E-state index contributed by atoms with van der Waals surface area (Å²) < 4.78 is 5.06. The highest BCUT2D eigenvalue weighted by Gasteiger charge is 2.10. The maximum Gasteiger partial charge on any atom is 0.173 e. The largest absolute Gasteiger partial charge is 0.495 e. The van der Waals surface area contributed by atoms with Gasteiger partial charge in [0.2, 0.25) is 0 Å². The Balaban J connectivity index is 2.05. The monoisotopic (exact) mass is 326 g/mol. The Hall–Kier alpha value is -1.16. The molecule has 0 saturated heterocycles. The molecule has 0 aliphatic carbocycles. The molecule has 0 spiro atoms. The van der Waals surface area contributed by atoms with Crippen LogP contribution in [0, 0.1) is 0 Å². The zero-order valence-electron chi connectivity index (χ0n) is 10.7. The van der Waals surface area contributed by atoms with Crippen LogP contribution in [0.25, 0.3) is 0 Å². The van der Waals surface area contributed by atoms with Crippen LogP contribution in [-0.2, 0) is 0 Å². The maximum atomic E-state index is 12.1. The van der Waals surface area contributed by atoms with Gasteiger partial charge in [0.05, 0.1) is 22.9 Å². The fraction of sp³-hybridized carbons (Fsp3) is 0.133. The van der Waals surface area contributed by atoms with Gasteiger partial charge < -0.3 is 4.74 Å². The van der Waals surface area contributed by atoms with E-state index in [0.29, 0.717) is 27.1 Å². The van der Waals surface area contributed by atoms with E-state index in [-0.39, 0.29) is 5.78 Å². The zero-order chi connectivity index (χ0) is 14.5. The third-order valence-corrected chi connectivity index (χ3v) is 4.48.